The second-order valence-corrected chi connectivity index (χ2v) is 5.10. The molecule has 1 heterocycles. The lowest BCUT2D eigenvalue weighted by Crippen LogP contribution is -2.45. The molecule has 0 aliphatic rings. The van der Waals surface area contributed by atoms with Crippen molar-refractivity contribution >= 4 is 23.3 Å². The molecule has 1 rings (SSSR count). The molecule has 0 bridgehead atoms. The third-order valence-corrected chi connectivity index (χ3v) is 3.64. The molecule has 0 spiro atoms. The zero-order chi connectivity index (χ0) is 14.3. The van der Waals surface area contributed by atoms with E-state index in [1.54, 1.807) is 11.3 Å². The van der Waals surface area contributed by atoms with E-state index in [-0.39, 0.29) is 6.42 Å². The number of aryl methyl sites for hydroxylation is 1. The zero-order valence-corrected chi connectivity index (χ0v) is 11.4. The summed E-state index contributed by atoms with van der Waals surface area (Å²) in [7, 11) is 0. The number of amides is 2. The second-order valence-electron chi connectivity index (χ2n) is 3.85. The van der Waals surface area contributed by atoms with Crippen molar-refractivity contribution in [1.29, 1.82) is 0 Å². The molecule has 0 saturated heterocycles. The molecular weight excluding hydrogens is 264 g/mol. The molecule has 19 heavy (non-hydrogen) atoms. The molecular formula is C13H16N2O3S. The van der Waals surface area contributed by atoms with Crippen LogP contribution in [0.5, 0.6) is 0 Å². The minimum atomic E-state index is -1.14. The molecule has 2 amide bonds. The fourth-order valence-corrected chi connectivity index (χ4v) is 2.30. The summed E-state index contributed by atoms with van der Waals surface area (Å²) in [6.45, 7) is 2.44. The van der Waals surface area contributed by atoms with Crippen LogP contribution in [0.1, 0.15) is 23.1 Å². The first-order valence-corrected chi connectivity index (χ1v) is 6.66. The highest BCUT2D eigenvalue weighted by atomic mass is 32.1. The largest absolute Gasteiger partial charge is 0.480 e. The quantitative estimate of drug-likeness (QED) is 0.692. The van der Waals surface area contributed by atoms with Gasteiger partial charge in [0.05, 0.1) is 6.54 Å². The van der Waals surface area contributed by atoms with Crippen LogP contribution < -0.4 is 10.6 Å². The number of carboxylic acids is 1. The van der Waals surface area contributed by atoms with Gasteiger partial charge >= 0.3 is 12.0 Å². The van der Waals surface area contributed by atoms with Crippen molar-refractivity contribution in [2.24, 2.45) is 0 Å². The minimum absolute atomic E-state index is 0.0399. The predicted molar refractivity (Wildman–Crippen MR) is 73.9 cm³/mol. The van der Waals surface area contributed by atoms with Crippen LogP contribution in [0.15, 0.2) is 12.1 Å². The van der Waals surface area contributed by atoms with E-state index in [4.69, 9.17) is 11.5 Å². The van der Waals surface area contributed by atoms with Gasteiger partial charge in [0.2, 0.25) is 0 Å². The Kier molecular flexibility index (Phi) is 5.90. The van der Waals surface area contributed by atoms with Gasteiger partial charge in [-0.1, -0.05) is 6.92 Å². The van der Waals surface area contributed by atoms with Crippen molar-refractivity contribution in [3.05, 3.63) is 21.9 Å². The molecule has 102 valence electrons. The fourth-order valence-electron chi connectivity index (χ4n) is 1.40. The van der Waals surface area contributed by atoms with Crippen LogP contribution in [0.3, 0.4) is 0 Å². The molecule has 0 saturated carbocycles. The lowest BCUT2D eigenvalue weighted by Gasteiger charge is -2.12. The smallest absolute Gasteiger partial charge is 0.327 e. The maximum Gasteiger partial charge on any atom is 0.327 e. The van der Waals surface area contributed by atoms with Crippen LogP contribution in [0.25, 0.3) is 0 Å². The van der Waals surface area contributed by atoms with Crippen LogP contribution in [0.4, 0.5) is 4.79 Å². The van der Waals surface area contributed by atoms with Gasteiger partial charge in [-0.2, -0.15) is 0 Å². The van der Waals surface area contributed by atoms with E-state index in [9.17, 15) is 9.59 Å². The van der Waals surface area contributed by atoms with Gasteiger partial charge in [0.15, 0.2) is 0 Å². The molecule has 3 N–H and O–H groups in total. The zero-order valence-electron chi connectivity index (χ0n) is 10.6. The topological polar surface area (TPSA) is 78.4 Å². The third-order valence-electron chi connectivity index (χ3n) is 2.41. The second kappa shape index (κ2) is 7.44. The Labute approximate surface area is 116 Å². The van der Waals surface area contributed by atoms with Crippen molar-refractivity contribution in [1.82, 2.24) is 10.6 Å². The van der Waals surface area contributed by atoms with E-state index >= 15 is 0 Å². The molecule has 1 aromatic rings. The van der Waals surface area contributed by atoms with Gasteiger partial charge in [-0.15, -0.1) is 23.7 Å². The van der Waals surface area contributed by atoms with E-state index in [2.05, 4.69) is 23.5 Å². The maximum absolute atomic E-state index is 11.5. The van der Waals surface area contributed by atoms with E-state index in [1.165, 1.54) is 4.88 Å². The number of carbonyl (C=O) groups is 2. The predicted octanol–water partition coefficient (Wildman–Crippen LogP) is 1.59. The van der Waals surface area contributed by atoms with Gasteiger partial charge in [-0.3, -0.25) is 0 Å². The number of rotatable bonds is 6. The monoisotopic (exact) mass is 280 g/mol. The molecule has 0 radical (unpaired) electrons. The Hall–Kier alpha value is -2.00. The molecule has 6 heteroatoms. The molecule has 0 aliphatic heterocycles. The fraction of sp³-hybridized carbons (Fsp3) is 0.385. The van der Waals surface area contributed by atoms with Gasteiger partial charge < -0.3 is 15.7 Å². The molecule has 0 aromatic carbocycles. The number of carboxylic acid groups (broad SMARTS) is 1. The summed E-state index contributed by atoms with van der Waals surface area (Å²) in [5.41, 5.74) is 0. The number of aliphatic carboxylic acids is 1. The van der Waals surface area contributed by atoms with Crippen LogP contribution in [-0.2, 0) is 17.8 Å². The summed E-state index contributed by atoms with van der Waals surface area (Å²) in [6, 6.07) is 2.37. The summed E-state index contributed by atoms with van der Waals surface area (Å²) in [6.07, 6.45) is 5.96. The minimum Gasteiger partial charge on any atom is -0.480 e. The Balaban J connectivity index is 2.42. The van der Waals surface area contributed by atoms with Crippen molar-refractivity contribution in [3.8, 4) is 12.3 Å². The molecule has 1 atom stereocenters. The highest BCUT2D eigenvalue weighted by Gasteiger charge is 2.18. The Morgan fingerprint density at radius 3 is 2.68 bits per heavy atom. The van der Waals surface area contributed by atoms with E-state index in [0.717, 1.165) is 11.3 Å². The standard InChI is InChI=1S/C13H16N2O3S/c1-3-5-11(12(16)17)15-13(18)14-8-10-7-6-9(4-2)19-10/h1,6-7,11H,4-5,8H2,2H3,(H,16,17)(H2,14,15,18). The number of urea groups is 1. The third kappa shape index (κ3) is 5.02. The van der Waals surface area contributed by atoms with Crippen LogP contribution in [0.2, 0.25) is 0 Å². The van der Waals surface area contributed by atoms with Crippen molar-refractivity contribution < 1.29 is 14.7 Å². The molecule has 1 unspecified atom stereocenters. The average Bonchev–Trinajstić information content (AvgIpc) is 2.83. The number of hydrogen-bond acceptors (Lipinski definition) is 3. The summed E-state index contributed by atoms with van der Waals surface area (Å²) >= 11 is 1.62. The highest BCUT2D eigenvalue weighted by molar-refractivity contribution is 7.11. The van der Waals surface area contributed by atoms with E-state index < -0.39 is 18.0 Å². The number of carbonyl (C=O) groups excluding carboxylic acids is 1. The Morgan fingerprint density at radius 2 is 2.16 bits per heavy atom. The van der Waals surface area contributed by atoms with Crippen molar-refractivity contribution in [2.75, 3.05) is 0 Å². The SMILES string of the molecule is C#CCC(NC(=O)NCc1ccc(CC)s1)C(=O)O. The normalized spacial score (nSPS) is 11.4. The van der Waals surface area contributed by atoms with Gasteiger partial charge in [-0.05, 0) is 18.6 Å². The number of terminal acetylenes is 1. The first-order valence-electron chi connectivity index (χ1n) is 5.85. The molecule has 0 fully saturated rings. The average molecular weight is 280 g/mol. The van der Waals surface area contributed by atoms with Crippen LogP contribution in [0, 0.1) is 12.3 Å². The first kappa shape index (κ1) is 15.1. The number of nitrogens with one attached hydrogen (secondary N) is 2. The van der Waals surface area contributed by atoms with Crippen LogP contribution >= 0.6 is 11.3 Å². The summed E-state index contributed by atoms with van der Waals surface area (Å²) in [4.78, 5) is 24.6. The van der Waals surface area contributed by atoms with Gasteiger partial charge in [-0.25, -0.2) is 9.59 Å². The number of thiophene rings is 1. The van der Waals surface area contributed by atoms with E-state index in [0.29, 0.717) is 6.54 Å². The van der Waals surface area contributed by atoms with Crippen molar-refractivity contribution in [3.63, 3.8) is 0 Å². The lowest BCUT2D eigenvalue weighted by atomic mass is 10.2. The highest BCUT2D eigenvalue weighted by Crippen LogP contribution is 2.16. The van der Waals surface area contributed by atoms with Gasteiger partial charge in [0, 0.05) is 16.2 Å². The summed E-state index contributed by atoms with van der Waals surface area (Å²) in [5, 5.41) is 13.8. The van der Waals surface area contributed by atoms with E-state index in [1.807, 2.05) is 12.1 Å². The lowest BCUT2D eigenvalue weighted by molar-refractivity contribution is -0.139. The number of hydrogen-bond donors (Lipinski definition) is 3. The molecule has 0 aliphatic carbocycles. The van der Waals surface area contributed by atoms with Gasteiger partial charge in [0.1, 0.15) is 6.04 Å². The summed E-state index contributed by atoms with van der Waals surface area (Å²) in [5.74, 6) is 1.08. The first-order chi connectivity index (χ1) is 9.06. The molecule has 1 aromatic heterocycles. The maximum atomic E-state index is 11.5. The Morgan fingerprint density at radius 1 is 1.47 bits per heavy atom. The van der Waals surface area contributed by atoms with Crippen molar-refractivity contribution in [2.45, 2.75) is 32.4 Å². The van der Waals surface area contributed by atoms with Gasteiger partial charge in [0.25, 0.3) is 0 Å². The summed E-state index contributed by atoms with van der Waals surface area (Å²) < 4.78 is 0. The van der Waals surface area contributed by atoms with Crippen LogP contribution in [-0.4, -0.2) is 23.1 Å². The Bertz CT molecular complexity index is 490. The molecule has 5 nitrogen and oxygen atoms in total.